The van der Waals surface area contributed by atoms with E-state index >= 15 is 0 Å². The molecular weight excluding hydrogens is 268 g/mol. The first-order valence-corrected chi connectivity index (χ1v) is 7.77. The molecule has 0 unspecified atom stereocenters. The minimum Gasteiger partial charge on any atom is -0.375 e. The highest BCUT2D eigenvalue weighted by Gasteiger charge is 2.22. The van der Waals surface area contributed by atoms with E-state index in [-0.39, 0.29) is 12.0 Å². The van der Waals surface area contributed by atoms with Gasteiger partial charge in [0.15, 0.2) is 5.82 Å². The highest BCUT2D eigenvalue weighted by Crippen LogP contribution is 2.22. The molecule has 118 valence electrons. The second-order valence-corrected chi connectivity index (χ2v) is 6.15. The van der Waals surface area contributed by atoms with Gasteiger partial charge in [-0.15, -0.1) is 10.2 Å². The molecule has 2 atom stereocenters. The molecule has 2 rings (SSSR count). The summed E-state index contributed by atoms with van der Waals surface area (Å²) in [6, 6.07) is 0. The minimum absolute atomic E-state index is 0.0484. The number of carbonyl (C=O) groups excluding carboxylic acids is 1. The van der Waals surface area contributed by atoms with Crippen LogP contribution in [0.15, 0.2) is 0 Å². The standard InChI is InChI=1S/C15H26N4O2/c1-10(2)15-18-17-13(19(15)4)9-16-14(20)8-7-12-6-5-11(3)21-12/h10-12H,5-9H2,1-4H3,(H,16,20)/t11-,12-/m0/s1. The lowest BCUT2D eigenvalue weighted by molar-refractivity contribution is -0.122. The summed E-state index contributed by atoms with van der Waals surface area (Å²) in [5.74, 6) is 2.10. The molecule has 1 aliphatic heterocycles. The van der Waals surface area contributed by atoms with Crippen LogP contribution in [0.25, 0.3) is 0 Å². The van der Waals surface area contributed by atoms with Gasteiger partial charge < -0.3 is 14.6 Å². The highest BCUT2D eigenvalue weighted by atomic mass is 16.5. The van der Waals surface area contributed by atoms with Crippen molar-refractivity contribution in [2.45, 2.75) is 71.1 Å². The molecule has 1 N–H and O–H groups in total. The summed E-state index contributed by atoms with van der Waals surface area (Å²) < 4.78 is 7.67. The lowest BCUT2D eigenvalue weighted by atomic mass is 10.1. The van der Waals surface area contributed by atoms with Crippen LogP contribution in [0, 0.1) is 0 Å². The third-order valence-corrected chi connectivity index (χ3v) is 3.97. The van der Waals surface area contributed by atoms with E-state index in [2.05, 4.69) is 36.3 Å². The molecule has 1 aromatic rings. The summed E-state index contributed by atoms with van der Waals surface area (Å²) in [4.78, 5) is 11.9. The summed E-state index contributed by atoms with van der Waals surface area (Å²) >= 11 is 0. The molecule has 1 aliphatic rings. The summed E-state index contributed by atoms with van der Waals surface area (Å²) in [6.45, 7) is 6.67. The fourth-order valence-electron chi connectivity index (χ4n) is 2.69. The Morgan fingerprint density at radius 1 is 1.43 bits per heavy atom. The third-order valence-electron chi connectivity index (χ3n) is 3.97. The van der Waals surface area contributed by atoms with Gasteiger partial charge in [0.1, 0.15) is 5.82 Å². The number of carbonyl (C=O) groups is 1. The molecule has 0 aliphatic carbocycles. The Kier molecular flexibility index (Phi) is 5.33. The van der Waals surface area contributed by atoms with Crippen LogP contribution in [0.1, 0.15) is 64.0 Å². The Bertz CT molecular complexity index is 484. The Balaban J connectivity index is 1.74. The van der Waals surface area contributed by atoms with E-state index in [1.54, 1.807) is 0 Å². The van der Waals surface area contributed by atoms with Crippen LogP contribution in [-0.2, 0) is 23.1 Å². The van der Waals surface area contributed by atoms with Crippen molar-refractivity contribution in [3.8, 4) is 0 Å². The monoisotopic (exact) mass is 294 g/mol. The van der Waals surface area contributed by atoms with E-state index in [1.807, 2.05) is 11.6 Å². The summed E-state index contributed by atoms with van der Waals surface area (Å²) in [5, 5.41) is 11.2. The van der Waals surface area contributed by atoms with Crippen molar-refractivity contribution in [3.63, 3.8) is 0 Å². The molecule has 0 bridgehead atoms. The first-order chi connectivity index (χ1) is 9.97. The van der Waals surface area contributed by atoms with Crippen LogP contribution in [0.2, 0.25) is 0 Å². The van der Waals surface area contributed by atoms with Crippen LogP contribution >= 0.6 is 0 Å². The predicted octanol–water partition coefficient (Wildman–Crippen LogP) is 1.90. The van der Waals surface area contributed by atoms with Gasteiger partial charge in [0.05, 0.1) is 18.8 Å². The van der Waals surface area contributed by atoms with E-state index < -0.39 is 0 Å². The molecule has 0 saturated carbocycles. The first kappa shape index (κ1) is 15.9. The number of nitrogens with one attached hydrogen (secondary N) is 1. The van der Waals surface area contributed by atoms with Gasteiger partial charge in [-0.3, -0.25) is 4.79 Å². The molecule has 6 heteroatoms. The summed E-state index contributed by atoms with van der Waals surface area (Å²) in [6.07, 6.45) is 4.05. The molecule has 0 spiro atoms. The molecule has 1 amide bonds. The maximum Gasteiger partial charge on any atom is 0.220 e. The lowest BCUT2D eigenvalue weighted by Crippen LogP contribution is -2.25. The predicted molar refractivity (Wildman–Crippen MR) is 79.7 cm³/mol. The number of aromatic nitrogens is 3. The van der Waals surface area contributed by atoms with Crippen LogP contribution in [0.5, 0.6) is 0 Å². The number of hydrogen-bond donors (Lipinski definition) is 1. The fourth-order valence-corrected chi connectivity index (χ4v) is 2.69. The quantitative estimate of drug-likeness (QED) is 0.870. The maximum absolute atomic E-state index is 11.9. The zero-order chi connectivity index (χ0) is 15.4. The lowest BCUT2D eigenvalue weighted by Gasteiger charge is -2.11. The Labute approximate surface area is 126 Å². The van der Waals surface area contributed by atoms with Gasteiger partial charge in [0.25, 0.3) is 0 Å². The van der Waals surface area contributed by atoms with Crippen LogP contribution in [0.4, 0.5) is 0 Å². The van der Waals surface area contributed by atoms with Crippen LogP contribution in [-0.4, -0.2) is 32.9 Å². The topological polar surface area (TPSA) is 69.0 Å². The van der Waals surface area contributed by atoms with Gasteiger partial charge in [0, 0.05) is 19.4 Å². The SMILES string of the molecule is CC(C)c1nnc(CNC(=O)CC[C@@H]2CC[C@H](C)O2)n1C. The largest absolute Gasteiger partial charge is 0.375 e. The van der Waals surface area contributed by atoms with E-state index in [0.29, 0.717) is 25.0 Å². The number of nitrogens with zero attached hydrogens (tertiary/aromatic N) is 3. The molecule has 2 heterocycles. The molecule has 0 aromatic carbocycles. The van der Waals surface area contributed by atoms with E-state index in [9.17, 15) is 4.79 Å². The molecule has 6 nitrogen and oxygen atoms in total. The zero-order valence-corrected chi connectivity index (χ0v) is 13.4. The van der Waals surface area contributed by atoms with E-state index in [0.717, 1.165) is 30.9 Å². The summed E-state index contributed by atoms with van der Waals surface area (Å²) in [7, 11) is 1.94. The molecule has 21 heavy (non-hydrogen) atoms. The van der Waals surface area contributed by atoms with Crippen molar-refractivity contribution in [3.05, 3.63) is 11.6 Å². The molecule has 1 saturated heterocycles. The van der Waals surface area contributed by atoms with Gasteiger partial charge in [-0.05, 0) is 26.2 Å². The van der Waals surface area contributed by atoms with Crippen LogP contribution in [0.3, 0.4) is 0 Å². The Morgan fingerprint density at radius 3 is 2.76 bits per heavy atom. The Hall–Kier alpha value is -1.43. The van der Waals surface area contributed by atoms with Crippen molar-refractivity contribution >= 4 is 5.91 Å². The Morgan fingerprint density at radius 2 is 2.19 bits per heavy atom. The van der Waals surface area contributed by atoms with Crippen molar-refractivity contribution in [2.24, 2.45) is 7.05 Å². The molecule has 1 aromatic heterocycles. The van der Waals surface area contributed by atoms with E-state index in [1.165, 1.54) is 0 Å². The second kappa shape index (κ2) is 7.02. The molecule has 1 fully saturated rings. The average Bonchev–Trinajstić information content (AvgIpc) is 3.00. The van der Waals surface area contributed by atoms with Gasteiger partial charge in [-0.2, -0.15) is 0 Å². The fraction of sp³-hybridized carbons (Fsp3) is 0.800. The average molecular weight is 294 g/mol. The van der Waals surface area contributed by atoms with Crippen LogP contribution < -0.4 is 5.32 Å². The number of rotatable bonds is 6. The van der Waals surface area contributed by atoms with Crippen molar-refractivity contribution < 1.29 is 9.53 Å². The number of amides is 1. The second-order valence-electron chi connectivity index (χ2n) is 6.15. The van der Waals surface area contributed by atoms with Crippen molar-refractivity contribution in [2.75, 3.05) is 0 Å². The van der Waals surface area contributed by atoms with Crippen molar-refractivity contribution in [1.29, 1.82) is 0 Å². The molecular formula is C15H26N4O2. The summed E-state index contributed by atoms with van der Waals surface area (Å²) in [5.41, 5.74) is 0. The van der Waals surface area contributed by atoms with Crippen molar-refractivity contribution in [1.82, 2.24) is 20.1 Å². The van der Waals surface area contributed by atoms with E-state index in [4.69, 9.17) is 4.74 Å². The van der Waals surface area contributed by atoms with Gasteiger partial charge in [0.2, 0.25) is 5.91 Å². The number of hydrogen-bond acceptors (Lipinski definition) is 4. The number of ether oxygens (including phenoxy) is 1. The van der Waals surface area contributed by atoms with Gasteiger partial charge >= 0.3 is 0 Å². The zero-order valence-electron chi connectivity index (χ0n) is 13.4. The highest BCUT2D eigenvalue weighted by molar-refractivity contribution is 5.75. The van der Waals surface area contributed by atoms with Gasteiger partial charge in [-0.1, -0.05) is 13.8 Å². The molecule has 0 radical (unpaired) electrons. The minimum atomic E-state index is 0.0484. The smallest absolute Gasteiger partial charge is 0.220 e. The van der Waals surface area contributed by atoms with Gasteiger partial charge in [-0.25, -0.2) is 0 Å². The first-order valence-electron chi connectivity index (χ1n) is 7.77. The maximum atomic E-state index is 11.9. The third kappa shape index (κ3) is 4.27. The normalized spacial score (nSPS) is 22.0.